The average Bonchev–Trinajstić information content (AvgIpc) is 2.57. The fourth-order valence-electron chi connectivity index (χ4n) is 1.77. The fraction of sp³-hybridized carbons (Fsp3) is 0.364. The Balaban J connectivity index is 2.68. The van der Waals surface area contributed by atoms with E-state index in [4.69, 9.17) is 34.8 Å². The highest BCUT2D eigenvalue weighted by Gasteiger charge is 2.18. The van der Waals surface area contributed by atoms with E-state index < -0.39 is 18.3 Å². The van der Waals surface area contributed by atoms with Crippen LogP contribution in [0.15, 0.2) is 12.1 Å². The maximum Gasteiger partial charge on any atom is 0.256 e. The Bertz CT molecular complexity index is 581. The molecule has 18 heavy (non-hydrogen) atoms. The molecule has 0 spiro atoms. The van der Waals surface area contributed by atoms with Crippen molar-refractivity contribution in [1.29, 1.82) is 0 Å². The van der Waals surface area contributed by atoms with Gasteiger partial charge in [-0.15, -0.1) is 11.6 Å². The predicted octanol–water partition coefficient (Wildman–Crippen LogP) is 4.91. The van der Waals surface area contributed by atoms with Gasteiger partial charge in [-0.2, -0.15) is 0 Å². The van der Waals surface area contributed by atoms with E-state index in [2.05, 4.69) is 4.98 Å². The number of halogens is 5. The monoisotopic (exact) mass is 312 g/mol. The molecule has 0 aliphatic heterocycles. The van der Waals surface area contributed by atoms with Gasteiger partial charge in [0.2, 0.25) is 0 Å². The maximum atomic E-state index is 12.6. The molecule has 0 bridgehead atoms. The molecule has 1 aromatic heterocycles. The molecule has 0 amide bonds. The van der Waals surface area contributed by atoms with Crippen molar-refractivity contribution in [1.82, 2.24) is 9.55 Å². The molecule has 0 N–H and O–H groups in total. The summed E-state index contributed by atoms with van der Waals surface area (Å²) in [5.41, 5.74) is 1.01. The summed E-state index contributed by atoms with van der Waals surface area (Å²) in [5, 5.41) is 0.154. The van der Waals surface area contributed by atoms with Gasteiger partial charge in [-0.3, -0.25) is 0 Å². The number of nitrogens with zero attached hydrogens (tertiary/aromatic N) is 2. The van der Waals surface area contributed by atoms with Crippen molar-refractivity contribution in [3.8, 4) is 0 Å². The Morgan fingerprint density at radius 1 is 1.28 bits per heavy atom. The fourth-order valence-corrected chi connectivity index (χ4v) is 2.25. The van der Waals surface area contributed by atoms with Gasteiger partial charge in [-0.1, -0.05) is 23.2 Å². The maximum absolute atomic E-state index is 12.6. The van der Waals surface area contributed by atoms with Crippen LogP contribution < -0.4 is 0 Å². The molecule has 1 atom stereocenters. The highest BCUT2D eigenvalue weighted by Crippen LogP contribution is 2.31. The van der Waals surface area contributed by atoms with Gasteiger partial charge < -0.3 is 4.57 Å². The summed E-state index contributed by atoms with van der Waals surface area (Å²) >= 11 is 17.7. The molecule has 2 nitrogen and oxygen atoms in total. The van der Waals surface area contributed by atoms with Crippen molar-refractivity contribution in [3.63, 3.8) is 0 Å². The van der Waals surface area contributed by atoms with Crippen molar-refractivity contribution < 1.29 is 8.78 Å². The van der Waals surface area contributed by atoms with E-state index in [1.165, 1.54) is 10.6 Å². The Labute approximate surface area is 117 Å². The molecule has 1 unspecified atom stereocenters. The molecule has 1 heterocycles. The van der Waals surface area contributed by atoms with Crippen molar-refractivity contribution in [2.45, 2.75) is 25.3 Å². The normalized spacial score (nSPS) is 13.5. The Hall–Kier alpha value is -0.580. The zero-order valence-electron chi connectivity index (χ0n) is 9.30. The lowest BCUT2D eigenvalue weighted by Gasteiger charge is -2.09. The van der Waals surface area contributed by atoms with Crippen LogP contribution in [-0.2, 0) is 6.54 Å². The van der Waals surface area contributed by atoms with Gasteiger partial charge in [-0.05, 0) is 19.1 Å². The van der Waals surface area contributed by atoms with Gasteiger partial charge in [0.25, 0.3) is 6.43 Å². The van der Waals surface area contributed by atoms with E-state index in [9.17, 15) is 8.78 Å². The van der Waals surface area contributed by atoms with Gasteiger partial charge in [0, 0.05) is 0 Å². The zero-order chi connectivity index (χ0) is 13.4. The molecule has 2 rings (SSSR count). The van der Waals surface area contributed by atoms with E-state index in [-0.39, 0.29) is 0 Å². The van der Waals surface area contributed by atoms with E-state index in [1.807, 2.05) is 0 Å². The second-order valence-electron chi connectivity index (χ2n) is 3.84. The quantitative estimate of drug-likeness (QED) is 0.736. The lowest BCUT2D eigenvalue weighted by atomic mass is 10.3. The highest BCUT2D eigenvalue weighted by atomic mass is 35.5. The molecule has 0 fully saturated rings. The molecule has 0 radical (unpaired) electrons. The molecule has 98 valence electrons. The van der Waals surface area contributed by atoms with E-state index >= 15 is 0 Å². The van der Waals surface area contributed by atoms with Crippen LogP contribution in [0.3, 0.4) is 0 Å². The van der Waals surface area contributed by atoms with Crippen molar-refractivity contribution in [2.75, 3.05) is 0 Å². The van der Waals surface area contributed by atoms with Crippen LogP contribution in [0.4, 0.5) is 8.78 Å². The first-order valence-electron chi connectivity index (χ1n) is 5.17. The molecule has 0 aliphatic carbocycles. The van der Waals surface area contributed by atoms with Gasteiger partial charge in [-0.25, -0.2) is 13.8 Å². The SMILES string of the molecule is CC(Cl)c1nc2cc(Cl)c(Cl)cc2n1CC(F)F. The zero-order valence-corrected chi connectivity index (χ0v) is 11.6. The molecule has 2 aromatic rings. The highest BCUT2D eigenvalue weighted by molar-refractivity contribution is 6.42. The van der Waals surface area contributed by atoms with Gasteiger partial charge >= 0.3 is 0 Å². The number of hydrogen-bond acceptors (Lipinski definition) is 1. The lowest BCUT2D eigenvalue weighted by Crippen LogP contribution is -2.10. The third kappa shape index (κ3) is 2.56. The number of imidazole rings is 1. The van der Waals surface area contributed by atoms with E-state index in [1.54, 1.807) is 13.0 Å². The summed E-state index contributed by atoms with van der Waals surface area (Å²) in [6.45, 7) is 1.20. The predicted molar refractivity (Wildman–Crippen MR) is 70.0 cm³/mol. The smallest absolute Gasteiger partial charge is 0.256 e. The van der Waals surface area contributed by atoms with Crippen LogP contribution in [0.25, 0.3) is 11.0 Å². The van der Waals surface area contributed by atoms with Crippen LogP contribution in [-0.4, -0.2) is 16.0 Å². The molecule has 7 heteroatoms. The Kier molecular flexibility index (Phi) is 3.99. The van der Waals surface area contributed by atoms with E-state index in [0.29, 0.717) is 26.9 Å². The summed E-state index contributed by atoms with van der Waals surface area (Å²) in [5.74, 6) is 0.380. The van der Waals surface area contributed by atoms with Crippen LogP contribution in [0.5, 0.6) is 0 Å². The summed E-state index contributed by atoms with van der Waals surface area (Å²) < 4.78 is 26.6. The van der Waals surface area contributed by atoms with Crippen LogP contribution in [0, 0.1) is 0 Å². The second kappa shape index (κ2) is 5.19. The molecule has 0 aliphatic rings. The number of benzene rings is 1. The summed E-state index contributed by atoms with van der Waals surface area (Å²) in [6, 6.07) is 3.07. The van der Waals surface area contributed by atoms with Crippen LogP contribution >= 0.6 is 34.8 Å². The summed E-state index contributed by atoms with van der Waals surface area (Å²) in [6.07, 6.45) is -2.49. The number of rotatable bonds is 3. The topological polar surface area (TPSA) is 17.8 Å². The first-order valence-corrected chi connectivity index (χ1v) is 6.36. The minimum absolute atomic E-state index is 0.299. The van der Waals surface area contributed by atoms with Gasteiger partial charge in [0.1, 0.15) is 5.82 Å². The third-order valence-electron chi connectivity index (χ3n) is 2.50. The summed E-state index contributed by atoms with van der Waals surface area (Å²) in [4.78, 5) is 4.22. The van der Waals surface area contributed by atoms with Gasteiger partial charge in [0.15, 0.2) is 0 Å². The largest absolute Gasteiger partial charge is 0.321 e. The Morgan fingerprint density at radius 3 is 2.44 bits per heavy atom. The van der Waals surface area contributed by atoms with Gasteiger partial charge in [0.05, 0.1) is 33.0 Å². The standard InChI is InChI=1S/C11H9Cl3F2N2/c1-5(12)11-17-8-2-6(13)7(14)3-9(8)18(11)4-10(15)16/h2-3,5,10H,4H2,1H3. The first-order chi connectivity index (χ1) is 8.40. The number of aromatic nitrogens is 2. The van der Waals surface area contributed by atoms with E-state index in [0.717, 1.165) is 0 Å². The minimum Gasteiger partial charge on any atom is -0.321 e. The minimum atomic E-state index is -2.49. The van der Waals surface area contributed by atoms with Crippen molar-refractivity contribution in [3.05, 3.63) is 28.0 Å². The molecular formula is C11H9Cl3F2N2. The number of hydrogen-bond donors (Lipinski definition) is 0. The average molecular weight is 314 g/mol. The lowest BCUT2D eigenvalue weighted by molar-refractivity contribution is 0.127. The number of alkyl halides is 3. The third-order valence-corrected chi connectivity index (χ3v) is 3.41. The number of fused-ring (bicyclic) bond motifs is 1. The Morgan fingerprint density at radius 2 is 1.89 bits per heavy atom. The second-order valence-corrected chi connectivity index (χ2v) is 5.31. The molecular weight excluding hydrogens is 304 g/mol. The van der Waals surface area contributed by atoms with Crippen molar-refractivity contribution >= 4 is 45.8 Å². The first kappa shape index (κ1) is 13.8. The molecule has 1 aromatic carbocycles. The van der Waals surface area contributed by atoms with Crippen molar-refractivity contribution in [2.24, 2.45) is 0 Å². The van der Waals surface area contributed by atoms with Crippen LogP contribution in [0.1, 0.15) is 18.1 Å². The molecule has 0 saturated carbocycles. The summed E-state index contributed by atoms with van der Waals surface area (Å²) in [7, 11) is 0. The van der Waals surface area contributed by atoms with Crippen LogP contribution in [0.2, 0.25) is 10.0 Å². The molecule has 0 saturated heterocycles.